The van der Waals surface area contributed by atoms with Gasteiger partial charge in [0.25, 0.3) is 0 Å². The molecule has 0 spiro atoms. The normalized spacial score (nSPS) is 10.5. The number of hydrogen-bond donors (Lipinski definition) is 2. The average Bonchev–Trinajstić information content (AvgIpc) is 2.82. The molecule has 0 aliphatic rings. The highest BCUT2D eigenvalue weighted by Crippen LogP contribution is 2.25. The molecule has 0 saturated heterocycles. The fourth-order valence-electron chi connectivity index (χ4n) is 1.40. The van der Waals surface area contributed by atoms with E-state index in [1.54, 1.807) is 7.11 Å². The zero-order valence-electron chi connectivity index (χ0n) is 9.27. The Labute approximate surface area is 107 Å². The van der Waals surface area contributed by atoms with Crippen molar-refractivity contribution in [3.05, 3.63) is 34.1 Å². The van der Waals surface area contributed by atoms with Crippen molar-refractivity contribution in [1.29, 1.82) is 0 Å². The van der Waals surface area contributed by atoms with E-state index in [0.717, 1.165) is 22.3 Å². The highest BCUT2D eigenvalue weighted by atomic mass is 79.9. The van der Waals surface area contributed by atoms with Crippen LogP contribution in [0.4, 0.5) is 0 Å². The Hall–Kier alpha value is -1.47. The highest BCUT2D eigenvalue weighted by molar-refractivity contribution is 9.10. The van der Waals surface area contributed by atoms with Gasteiger partial charge in [0, 0.05) is 6.54 Å². The van der Waals surface area contributed by atoms with Gasteiger partial charge in [0.05, 0.1) is 18.1 Å². The standard InChI is InChI=1S/C10H12BrN5O/c1-17-9-3-2-7(4-8(9)11)5-12-6-10-13-15-16-14-10/h2-4,12H,5-6H2,1H3,(H,13,14,15,16). The number of nitrogens with one attached hydrogen (secondary N) is 2. The second-order valence-electron chi connectivity index (χ2n) is 3.40. The van der Waals surface area contributed by atoms with E-state index in [9.17, 15) is 0 Å². The Balaban J connectivity index is 1.89. The molecule has 1 aromatic heterocycles. The van der Waals surface area contributed by atoms with Crippen molar-refractivity contribution in [2.24, 2.45) is 0 Å². The molecule has 0 atom stereocenters. The summed E-state index contributed by atoms with van der Waals surface area (Å²) in [6, 6.07) is 5.95. The Morgan fingerprint density at radius 2 is 2.29 bits per heavy atom. The van der Waals surface area contributed by atoms with E-state index in [1.807, 2.05) is 18.2 Å². The lowest BCUT2D eigenvalue weighted by molar-refractivity contribution is 0.412. The van der Waals surface area contributed by atoms with Gasteiger partial charge in [-0.15, -0.1) is 10.2 Å². The maximum Gasteiger partial charge on any atom is 0.188 e. The largest absolute Gasteiger partial charge is 0.496 e. The minimum atomic E-state index is 0.583. The summed E-state index contributed by atoms with van der Waals surface area (Å²) in [5.41, 5.74) is 1.15. The number of aromatic amines is 1. The van der Waals surface area contributed by atoms with Crippen LogP contribution in [-0.4, -0.2) is 27.7 Å². The van der Waals surface area contributed by atoms with Gasteiger partial charge in [0.1, 0.15) is 5.75 Å². The van der Waals surface area contributed by atoms with E-state index in [2.05, 4.69) is 41.9 Å². The molecule has 0 aliphatic carbocycles. The van der Waals surface area contributed by atoms with Crippen LogP contribution >= 0.6 is 15.9 Å². The first-order valence-electron chi connectivity index (χ1n) is 5.05. The molecule has 2 N–H and O–H groups in total. The zero-order chi connectivity index (χ0) is 12.1. The van der Waals surface area contributed by atoms with Crippen molar-refractivity contribution in [2.75, 3.05) is 7.11 Å². The number of halogens is 1. The molecule has 0 radical (unpaired) electrons. The van der Waals surface area contributed by atoms with E-state index in [-0.39, 0.29) is 0 Å². The van der Waals surface area contributed by atoms with E-state index >= 15 is 0 Å². The highest BCUT2D eigenvalue weighted by Gasteiger charge is 2.02. The van der Waals surface area contributed by atoms with Crippen LogP contribution in [0.5, 0.6) is 5.75 Å². The van der Waals surface area contributed by atoms with Crippen LogP contribution in [0.15, 0.2) is 22.7 Å². The van der Waals surface area contributed by atoms with Crippen molar-refractivity contribution in [2.45, 2.75) is 13.1 Å². The van der Waals surface area contributed by atoms with Crippen molar-refractivity contribution >= 4 is 15.9 Å². The Morgan fingerprint density at radius 3 is 2.94 bits per heavy atom. The number of aromatic nitrogens is 4. The smallest absolute Gasteiger partial charge is 0.188 e. The van der Waals surface area contributed by atoms with Crippen molar-refractivity contribution < 1.29 is 4.74 Å². The minimum Gasteiger partial charge on any atom is -0.496 e. The molecule has 2 rings (SSSR count). The first kappa shape index (κ1) is 12.0. The third-order valence-electron chi connectivity index (χ3n) is 2.22. The second kappa shape index (κ2) is 5.74. The van der Waals surface area contributed by atoms with Crippen molar-refractivity contribution in [3.63, 3.8) is 0 Å². The van der Waals surface area contributed by atoms with Gasteiger partial charge in [-0.25, -0.2) is 0 Å². The number of methoxy groups -OCH3 is 1. The molecule has 90 valence electrons. The molecule has 0 unspecified atom stereocenters. The van der Waals surface area contributed by atoms with Gasteiger partial charge in [-0.1, -0.05) is 11.3 Å². The van der Waals surface area contributed by atoms with Crippen molar-refractivity contribution in [1.82, 2.24) is 25.9 Å². The van der Waals surface area contributed by atoms with Crippen molar-refractivity contribution in [3.8, 4) is 5.75 Å². The molecule has 0 aliphatic heterocycles. The number of nitrogens with zero attached hydrogens (tertiary/aromatic N) is 3. The van der Waals surface area contributed by atoms with Crippen LogP contribution in [0.1, 0.15) is 11.4 Å². The molecular formula is C10H12BrN5O. The van der Waals surface area contributed by atoms with Crippen LogP contribution < -0.4 is 10.1 Å². The van der Waals surface area contributed by atoms with Crippen LogP contribution in [0, 0.1) is 0 Å². The van der Waals surface area contributed by atoms with Gasteiger partial charge in [0.2, 0.25) is 0 Å². The van der Waals surface area contributed by atoms with Gasteiger partial charge in [-0.2, -0.15) is 5.21 Å². The summed E-state index contributed by atoms with van der Waals surface area (Å²) in [6.07, 6.45) is 0. The van der Waals surface area contributed by atoms with Crippen LogP contribution in [0.25, 0.3) is 0 Å². The molecule has 17 heavy (non-hydrogen) atoms. The summed E-state index contributed by atoms with van der Waals surface area (Å²) >= 11 is 3.45. The molecule has 2 aromatic rings. The van der Waals surface area contributed by atoms with Gasteiger partial charge in [-0.3, -0.25) is 0 Å². The summed E-state index contributed by atoms with van der Waals surface area (Å²) in [4.78, 5) is 0. The van der Waals surface area contributed by atoms with Gasteiger partial charge >= 0.3 is 0 Å². The van der Waals surface area contributed by atoms with Gasteiger partial charge in [-0.05, 0) is 33.6 Å². The third kappa shape index (κ3) is 3.24. The number of H-pyrrole nitrogens is 1. The lowest BCUT2D eigenvalue weighted by atomic mass is 10.2. The summed E-state index contributed by atoms with van der Waals surface area (Å²) in [5, 5.41) is 16.8. The topological polar surface area (TPSA) is 75.7 Å². The SMILES string of the molecule is COc1ccc(CNCc2nn[nH]n2)cc1Br. The summed E-state index contributed by atoms with van der Waals surface area (Å²) in [6.45, 7) is 1.32. The average molecular weight is 298 g/mol. The van der Waals surface area contributed by atoms with Gasteiger partial charge in [0.15, 0.2) is 5.82 Å². The number of rotatable bonds is 5. The van der Waals surface area contributed by atoms with E-state index in [0.29, 0.717) is 12.4 Å². The number of ether oxygens (including phenoxy) is 1. The molecule has 6 nitrogen and oxygen atoms in total. The first-order chi connectivity index (χ1) is 8.29. The monoisotopic (exact) mass is 297 g/mol. The van der Waals surface area contributed by atoms with Crippen LogP contribution in [0.2, 0.25) is 0 Å². The third-order valence-corrected chi connectivity index (χ3v) is 2.84. The Bertz CT molecular complexity index is 474. The Morgan fingerprint density at radius 1 is 1.41 bits per heavy atom. The molecule has 0 fully saturated rings. The van der Waals surface area contributed by atoms with Crippen LogP contribution in [0.3, 0.4) is 0 Å². The predicted octanol–water partition coefficient (Wildman–Crippen LogP) is 1.26. The second-order valence-corrected chi connectivity index (χ2v) is 4.25. The zero-order valence-corrected chi connectivity index (χ0v) is 10.9. The van der Waals surface area contributed by atoms with E-state index in [4.69, 9.17) is 4.74 Å². The first-order valence-corrected chi connectivity index (χ1v) is 5.84. The van der Waals surface area contributed by atoms with E-state index < -0.39 is 0 Å². The fraction of sp³-hybridized carbons (Fsp3) is 0.300. The lowest BCUT2D eigenvalue weighted by Crippen LogP contribution is -2.13. The number of tetrazole rings is 1. The molecule has 1 heterocycles. The maximum absolute atomic E-state index is 5.16. The summed E-state index contributed by atoms with van der Waals surface area (Å²) in [5.74, 6) is 1.48. The predicted molar refractivity (Wildman–Crippen MR) is 65.4 cm³/mol. The molecule has 7 heteroatoms. The molecular weight excluding hydrogens is 286 g/mol. The Kier molecular flexibility index (Phi) is 4.05. The summed E-state index contributed by atoms with van der Waals surface area (Å²) in [7, 11) is 1.65. The lowest BCUT2D eigenvalue weighted by Gasteiger charge is -2.06. The maximum atomic E-state index is 5.16. The summed E-state index contributed by atoms with van der Waals surface area (Å²) < 4.78 is 6.11. The quantitative estimate of drug-likeness (QED) is 0.869. The molecule has 0 bridgehead atoms. The number of hydrogen-bond acceptors (Lipinski definition) is 5. The molecule has 0 amide bonds. The number of benzene rings is 1. The van der Waals surface area contributed by atoms with E-state index in [1.165, 1.54) is 0 Å². The fourth-order valence-corrected chi connectivity index (χ4v) is 1.98. The van der Waals surface area contributed by atoms with Gasteiger partial charge < -0.3 is 10.1 Å². The minimum absolute atomic E-state index is 0.583. The molecule has 0 saturated carbocycles. The molecule has 1 aromatic carbocycles. The van der Waals surface area contributed by atoms with Crippen LogP contribution in [-0.2, 0) is 13.1 Å².